The summed E-state index contributed by atoms with van der Waals surface area (Å²) < 4.78 is 18.0. The third-order valence-electron chi connectivity index (χ3n) is 4.32. The molecule has 1 fully saturated rings. The van der Waals surface area contributed by atoms with Crippen LogP contribution >= 0.6 is 0 Å². The van der Waals surface area contributed by atoms with Gasteiger partial charge in [-0.25, -0.2) is 0 Å². The summed E-state index contributed by atoms with van der Waals surface area (Å²) in [6, 6.07) is 10.2. The second-order valence-corrected chi connectivity index (χ2v) is 8.18. The molecule has 0 aliphatic carbocycles. The molecule has 0 spiro atoms. The predicted octanol–water partition coefficient (Wildman–Crippen LogP) is 4.54. The van der Waals surface area contributed by atoms with Gasteiger partial charge in [0.25, 0.3) is 0 Å². The van der Waals surface area contributed by atoms with Gasteiger partial charge in [-0.2, -0.15) is 0 Å². The highest BCUT2D eigenvalue weighted by molar-refractivity contribution is 7.86. The second-order valence-electron chi connectivity index (χ2n) is 6.10. The van der Waals surface area contributed by atoms with Crippen molar-refractivity contribution in [2.45, 2.75) is 50.7 Å². The van der Waals surface area contributed by atoms with E-state index < -0.39 is 10.8 Å². The molecule has 1 heterocycles. The van der Waals surface area contributed by atoms with Gasteiger partial charge in [0, 0.05) is 21.3 Å². The third kappa shape index (κ3) is 4.70. The van der Waals surface area contributed by atoms with Crippen LogP contribution in [0.15, 0.2) is 36.6 Å². The van der Waals surface area contributed by atoms with Gasteiger partial charge in [0.05, 0.1) is 12.9 Å². The minimum Gasteiger partial charge on any atom is -0.501 e. The monoisotopic (exact) mass is 306 g/mol. The van der Waals surface area contributed by atoms with Gasteiger partial charge in [0.2, 0.25) is 0 Å². The van der Waals surface area contributed by atoms with Crippen LogP contribution in [0, 0.1) is 0 Å². The van der Waals surface area contributed by atoms with E-state index in [1.807, 2.05) is 24.5 Å². The second kappa shape index (κ2) is 7.79. The van der Waals surface area contributed by atoms with Crippen LogP contribution in [-0.2, 0) is 15.5 Å². The van der Waals surface area contributed by atoms with Crippen LogP contribution in [0.5, 0.6) is 0 Å². The number of hydrogen-bond acceptors (Lipinski definition) is 2. The van der Waals surface area contributed by atoms with Crippen LogP contribution in [0.25, 0.3) is 5.57 Å². The summed E-state index contributed by atoms with van der Waals surface area (Å²) in [6.07, 6.45) is 7.28. The van der Waals surface area contributed by atoms with Crippen molar-refractivity contribution in [3.63, 3.8) is 0 Å². The van der Waals surface area contributed by atoms with Crippen molar-refractivity contribution in [1.29, 1.82) is 0 Å². The lowest BCUT2D eigenvalue weighted by Crippen LogP contribution is -2.32. The van der Waals surface area contributed by atoms with Crippen LogP contribution in [0.1, 0.15) is 51.5 Å². The lowest BCUT2D eigenvalue weighted by atomic mass is 9.99. The van der Waals surface area contributed by atoms with Crippen molar-refractivity contribution in [3.05, 3.63) is 42.2 Å². The van der Waals surface area contributed by atoms with Gasteiger partial charge in [0.15, 0.2) is 0 Å². The molecule has 0 aromatic heterocycles. The Morgan fingerprint density at radius 1 is 1.29 bits per heavy atom. The average molecular weight is 306 g/mol. The first-order valence-corrected chi connectivity index (χ1v) is 9.16. The fraction of sp³-hybridized carbons (Fsp3) is 0.556. The Morgan fingerprint density at radius 2 is 2.05 bits per heavy atom. The molecule has 0 radical (unpaired) electrons. The standard InChI is InChI=1S/C18H26O2S/c1-16(17-9-5-3-6-10-17)15-20-13-12-18(2)11-7-4-8-14-21(18)19/h3,5-6,9-10,15H,4,7-8,11-14H2,1-2H3/b16-15-. The summed E-state index contributed by atoms with van der Waals surface area (Å²) in [5, 5.41) is 0. The number of hydrogen-bond donors (Lipinski definition) is 0. The highest BCUT2D eigenvalue weighted by Gasteiger charge is 2.32. The Balaban J connectivity index is 1.85. The summed E-state index contributed by atoms with van der Waals surface area (Å²) in [7, 11) is -0.712. The van der Waals surface area contributed by atoms with Crippen LogP contribution in [0.2, 0.25) is 0 Å². The molecule has 1 aliphatic heterocycles. The molecule has 21 heavy (non-hydrogen) atoms. The van der Waals surface area contributed by atoms with E-state index in [-0.39, 0.29) is 4.75 Å². The Morgan fingerprint density at radius 3 is 2.81 bits per heavy atom. The highest BCUT2D eigenvalue weighted by Crippen LogP contribution is 2.30. The van der Waals surface area contributed by atoms with Gasteiger partial charge in [-0.15, -0.1) is 0 Å². The molecule has 3 heteroatoms. The summed E-state index contributed by atoms with van der Waals surface area (Å²) in [4.78, 5) is 0. The number of allylic oxidation sites excluding steroid dienone is 1. The van der Waals surface area contributed by atoms with Crippen LogP contribution in [0.3, 0.4) is 0 Å². The molecule has 0 saturated carbocycles. The largest absolute Gasteiger partial charge is 0.501 e. The van der Waals surface area contributed by atoms with E-state index in [9.17, 15) is 4.21 Å². The summed E-state index contributed by atoms with van der Waals surface area (Å²) in [6.45, 7) is 4.86. The molecule has 0 N–H and O–H groups in total. The van der Waals surface area contributed by atoms with Crippen molar-refractivity contribution < 1.29 is 8.95 Å². The minimum atomic E-state index is -0.712. The van der Waals surface area contributed by atoms with Crippen molar-refractivity contribution in [2.24, 2.45) is 0 Å². The first-order valence-electron chi connectivity index (χ1n) is 7.84. The summed E-state index contributed by atoms with van der Waals surface area (Å²) in [5.41, 5.74) is 2.31. The lowest BCUT2D eigenvalue weighted by molar-refractivity contribution is 0.229. The molecule has 2 rings (SSSR count). The molecule has 2 nitrogen and oxygen atoms in total. The first-order chi connectivity index (χ1) is 10.1. The van der Waals surface area contributed by atoms with E-state index in [0.717, 1.165) is 30.6 Å². The molecule has 1 aromatic rings. The Kier molecular flexibility index (Phi) is 6.04. The van der Waals surface area contributed by atoms with Crippen LogP contribution < -0.4 is 0 Å². The zero-order valence-electron chi connectivity index (χ0n) is 13.1. The molecular formula is C18H26O2S. The quantitative estimate of drug-likeness (QED) is 0.590. The van der Waals surface area contributed by atoms with Gasteiger partial charge < -0.3 is 4.74 Å². The lowest BCUT2D eigenvalue weighted by Gasteiger charge is -2.26. The fourth-order valence-electron chi connectivity index (χ4n) is 2.74. The third-order valence-corrected chi connectivity index (χ3v) is 6.49. The average Bonchev–Trinajstić information content (AvgIpc) is 2.67. The van der Waals surface area contributed by atoms with E-state index in [1.165, 1.54) is 18.4 Å². The molecule has 116 valence electrons. The van der Waals surface area contributed by atoms with Crippen molar-refractivity contribution in [1.82, 2.24) is 0 Å². The van der Waals surface area contributed by atoms with Crippen molar-refractivity contribution >= 4 is 16.4 Å². The van der Waals surface area contributed by atoms with E-state index >= 15 is 0 Å². The van der Waals surface area contributed by atoms with Crippen LogP contribution in [-0.4, -0.2) is 21.3 Å². The molecule has 1 aliphatic rings. The van der Waals surface area contributed by atoms with Gasteiger partial charge in [-0.05, 0) is 44.2 Å². The topological polar surface area (TPSA) is 26.3 Å². The van der Waals surface area contributed by atoms with E-state index in [2.05, 4.69) is 26.0 Å². The Hall–Kier alpha value is -1.09. The van der Waals surface area contributed by atoms with Gasteiger partial charge in [-0.1, -0.05) is 43.2 Å². The number of benzene rings is 1. The van der Waals surface area contributed by atoms with Crippen molar-refractivity contribution in [3.8, 4) is 0 Å². The molecular weight excluding hydrogens is 280 g/mol. The van der Waals surface area contributed by atoms with E-state index in [4.69, 9.17) is 4.74 Å². The smallest absolute Gasteiger partial charge is 0.0887 e. The zero-order chi connectivity index (χ0) is 15.1. The fourth-order valence-corrected chi connectivity index (χ4v) is 4.38. The van der Waals surface area contributed by atoms with Gasteiger partial charge in [0.1, 0.15) is 0 Å². The first kappa shape index (κ1) is 16.3. The highest BCUT2D eigenvalue weighted by atomic mass is 32.2. The molecule has 1 aromatic carbocycles. The molecule has 0 amide bonds. The normalized spacial score (nSPS) is 27.1. The number of rotatable bonds is 5. The molecule has 2 unspecified atom stereocenters. The Labute approximate surface area is 131 Å². The van der Waals surface area contributed by atoms with E-state index in [0.29, 0.717) is 6.61 Å². The predicted molar refractivity (Wildman–Crippen MR) is 90.5 cm³/mol. The number of ether oxygens (including phenoxy) is 1. The SMILES string of the molecule is C/C(=C/OCCC1(C)CCCCCS1=O)c1ccccc1. The van der Waals surface area contributed by atoms with Crippen molar-refractivity contribution in [2.75, 3.05) is 12.4 Å². The van der Waals surface area contributed by atoms with Gasteiger partial charge in [-0.3, -0.25) is 4.21 Å². The molecule has 0 bridgehead atoms. The molecule has 2 atom stereocenters. The Bertz CT molecular complexity index is 495. The molecule has 1 saturated heterocycles. The minimum absolute atomic E-state index is 0.0645. The summed E-state index contributed by atoms with van der Waals surface area (Å²) in [5.74, 6) is 0.857. The summed E-state index contributed by atoms with van der Waals surface area (Å²) >= 11 is 0. The maximum atomic E-state index is 12.3. The van der Waals surface area contributed by atoms with Gasteiger partial charge >= 0.3 is 0 Å². The van der Waals surface area contributed by atoms with E-state index in [1.54, 1.807) is 0 Å². The van der Waals surface area contributed by atoms with Crippen LogP contribution in [0.4, 0.5) is 0 Å². The maximum Gasteiger partial charge on any atom is 0.0887 e. The zero-order valence-corrected chi connectivity index (χ0v) is 14.0. The maximum absolute atomic E-state index is 12.3.